The van der Waals surface area contributed by atoms with E-state index >= 15 is 0 Å². The molecule has 3 heteroatoms. The lowest BCUT2D eigenvalue weighted by molar-refractivity contribution is 1.09. The maximum atomic E-state index is 5.81. The molecule has 1 atom stereocenters. The molecule has 0 aliphatic heterocycles. The number of thioether (sulfide) groups is 1. The molecular weight excluding hydrogens is 216 g/mol. The van der Waals surface area contributed by atoms with Crippen LogP contribution in [0.1, 0.15) is 17.7 Å². The molecule has 0 spiro atoms. The number of benzene rings is 1. The van der Waals surface area contributed by atoms with Crippen molar-refractivity contribution >= 4 is 17.6 Å². The Balaban J connectivity index is 2.14. The molecule has 0 aliphatic carbocycles. The maximum Gasteiger partial charge on any atom is 0.137 e. The topological polar surface area (TPSA) is 38.9 Å². The SMILES string of the molecule is CC(Sc1cccnc1N)c1ccccc1. The Hall–Kier alpha value is -1.48. The van der Waals surface area contributed by atoms with Gasteiger partial charge in [-0.05, 0) is 24.6 Å². The summed E-state index contributed by atoms with van der Waals surface area (Å²) in [6, 6.07) is 14.3. The molecule has 2 rings (SSSR count). The van der Waals surface area contributed by atoms with Crippen LogP contribution >= 0.6 is 11.8 Å². The van der Waals surface area contributed by atoms with Crippen LogP contribution in [0.3, 0.4) is 0 Å². The lowest BCUT2D eigenvalue weighted by atomic mass is 10.2. The molecule has 82 valence electrons. The molecule has 1 aromatic heterocycles. The second-order valence-corrected chi connectivity index (χ2v) is 4.94. The van der Waals surface area contributed by atoms with Gasteiger partial charge in [0.2, 0.25) is 0 Å². The van der Waals surface area contributed by atoms with Crippen LogP contribution in [0.4, 0.5) is 5.82 Å². The monoisotopic (exact) mass is 230 g/mol. The summed E-state index contributed by atoms with van der Waals surface area (Å²) in [5.74, 6) is 0.607. The van der Waals surface area contributed by atoms with Crippen molar-refractivity contribution in [3.63, 3.8) is 0 Å². The summed E-state index contributed by atoms with van der Waals surface area (Å²) in [4.78, 5) is 5.12. The number of hydrogen-bond acceptors (Lipinski definition) is 3. The first-order valence-corrected chi connectivity index (χ1v) is 6.07. The highest BCUT2D eigenvalue weighted by molar-refractivity contribution is 7.99. The largest absolute Gasteiger partial charge is 0.383 e. The van der Waals surface area contributed by atoms with Crippen molar-refractivity contribution in [3.8, 4) is 0 Å². The smallest absolute Gasteiger partial charge is 0.137 e. The minimum absolute atomic E-state index is 0.382. The molecule has 2 aromatic rings. The quantitative estimate of drug-likeness (QED) is 0.820. The number of aromatic nitrogens is 1. The van der Waals surface area contributed by atoms with Crippen LogP contribution in [0.2, 0.25) is 0 Å². The predicted molar refractivity (Wildman–Crippen MR) is 69.4 cm³/mol. The standard InChI is InChI=1S/C13H14N2S/c1-10(11-6-3-2-4-7-11)16-12-8-5-9-15-13(12)14/h2-10H,1H3,(H2,14,15). The number of pyridine rings is 1. The molecule has 0 saturated heterocycles. The van der Waals surface area contributed by atoms with Gasteiger partial charge in [0, 0.05) is 11.4 Å². The number of anilines is 1. The van der Waals surface area contributed by atoms with Gasteiger partial charge in [-0.3, -0.25) is 0 Å². The third-order valence-electron chi connectivity index (χ3n) is 2.37. The predicted octanol–water partition coefficient (Wildman–Crippen LogP) is 3.52. The van der Waals surface area contributed by atoms with E-state index in [0.29, 0.717) is 11.1 Å². The van der Waals surface area contributed by atoms with Crippen LogP contribution in [0.15, 0.2) is 53.6 Å². The number of rotatable bonds is 3. The summed E-state index contributed by atoms with van der Waals surface area (Å²) >= 11 is 1.74. The molecule has 1 unspecified atom stereocenters. The van der Waals surface area contributed by atoms with Gasteiger partial charge < -0.3 is 5.73 Å². The Morgan fingerprint density at radius 2 is 1.88 bits per heavy atom. The van der Waals surface area contributed by atoms with Crippen molar-refractivity contribution in [3.05, 3.63) is 54.2 Å². The molecule has 0 aliphatic rings. The highest BCUT2D eigenvalue weighted by atomic mass is 32.2. The summed E-state index contributed by atoms with van der Waals surface area (Å²) in [7, 11) is 0. The normalized spacial score (nSPS) is 12.3. The zero-order chi connectivity index (χ0) is 11.4. The Bertz CT molecular complexity index is 456. The highest BCUT2D eigenvalue weighted by Crippen LogP contribution is 2.36. The van der Waals surface area contributed by atoms with Gasteiger partial charge in [-0.25, -0.2) is 4.98 Å². The van der Waals surface area contributed by atoms with E-state index in [1.807, 2.05) is 18.2 Å². The molecule has 0 amide bonds. The minimum atomic E-state index is 0.382. The second-order valence-electron chi connectivity index (χ2n) is 3.56. The van der Waals surface area contributed by atoms with Crippen LogP contribution < -0.4 is 5.73 Å². The van der Waals surface area contributed by atoms with Crippen LogP contribution in [0.5, 0.6) is 0 Å². The van der Waals surface area contributed by atoms with Crippen molar-refractivity contribution in [2.75, 3.05) is 5.73 Å². The number of nitrogens with zero attached hydrogens (tertiary/aromatic N) is 1. The first kappa shape index (κ1) is 11.0. The number of hydrogen-bond donors (Lipinski definition) is 1. The molecule has 0 saturated carbocycles. The average molecular weight is 230 g/mol. The van der Waals surface area contributed by atoms with E-state index in [1.165, 1.54) is 5.56 Å². The fourth-order valence-corrected chi connectivity index (χ4v) is 2.49. The average Bonchev–Trinajstić information content (AvgIpc) is 2.33. The van der Waals surface area contributed by atoms with Crippen molar-refractivity contribution in [1.29, 1.82) is 0 Å². The van der Waals surface area contributed by atoms with Gasteiger partial charge in [-0.2, -0.15) is 0 Å². The first-order valence-electron chi connectivity index (χ1n) is 5.19. The van der Waals surface area contributed by atoms with Gasteiger partial charge in [0.25, 0.3) is 0 Å². The van der Waals surface area contributed by atoms with Crippen LogP contribution in [-0.4, -0.2) is 4.98 Å². The van der Waals surface area contributed by atoms with Gasteiger partial charge in [0.1, 0.15) is 5.82 Å². The minimum Gasteiger partial charge on any atom is -0.383 e. The van der Waals surface area contributed by atoms with Crippen molar-refractivity contribution in [2.45, 2.75) is 17.1 Å². The van der Waals surface area contributed by atoms with Crippen molar-refractivity contribution in [1.82, 2.24) is 4.98 Å². The van der Waals surface area contributed by atoms with E-state index < -0.39 is 0 Å². The molecule has 1 heterocycles. The maximum absolute atomic E-state index is 5.81. The molecule has 2 N–H and O–H groups in total. The van der Waals surface area contributed by atoms with Gasteiger partial charge >= 0.3 is 0 Å². The molecule has 2 nitrogen and oxygen atoms in total. The van der Waals surface area contributed by atoms with Crippen molar-refractivity contribution < 1.29 is 0 Å². The zero-order valence-electron chi connectivity index (χ0n) is 9.13. The summed E-state index contributed by atoms with van der Waals surface area (Å²) in [6.07, 6.45) is 1.71. The van der Waals surface area contributed by atoms with E-state index in [2.05, 4.69) is 36.2 Å². The lowest BCUT2D eigenvalue weighted by Crippen LogP contribution is -1.94. The highest BCUT2D eigenvalue weighted by Gasteiger charge is 2.08. The number of nitrogens with two attached hydrogens (primary N) is 1. The molecule has 16 heavy (non-hydrogen) atoms. The number of nitrogen functional groups attached to an aromatic ring is 1. The lowest BCUT2D eigenvalue weighted by Gasteiger charge is -2.12. The second kappa shape index (κ2) is 5.03. The summed E-state index contributed by atoms with van der Waals surface area (Å²) in [5, 5.41) is 0.382. The van der Waals surface area contributed by atoms with Gasteiger partial charge in [0.15, 0.2) is 0 Å². The van der Waals surface area contributed by atoms with Gasteiger partial charge in [-0.1, -0.05) is 30.3 Å². The third kappa shape index (κ3) is 2.55. The Kier molecular flexibility index (Phi) is 3.47. The van der Waals surface area contributed by atoms with Gasteiger partial charge in [0.05, 0.1) is 4.90 Å². The van der Waals surface area contributed by atoms with E-state index in [1.54, 1.807) is 18.0 Å². The summed E-state index contributed by atoms with van der Waals surface area (Å²) < 4.78 is 0. The first-order chi connectivity index (χ1) is 7.77. The Labute approximate surface area is 99.9 Å². The van der Waals surface area contributed by atoms with E-state index in [4.69, 9.17) is 5.73 Å². The van der Waals surface area contributed by atoms with E-state index in [0.717, 1.165) is 4.90 Å². The zero-order valence-corrected chi connectivity index (χ0v) is 9.95. The van der Waals surface area contributed by atoms with E-state index in [9.17, 15) is 0 Å². The molecule has 0 fully saturated rings. The van der Waals surface area contributed by atoms with Crippen LogP contribution in [-0.2, 0) is 0 Å². The summed E-state index contributed by atoms with van der Waals surface area (Å²) in [5.41, 5.74) is 7.12. The third-order valence-corrected chi connectivity index (χ3v) is 3.60. The molecular formula is C13H14N2S. The Morgan fingerprint density at radius 3 is 2.56 bits per heavy atom. The van der Waals surface area contributed by atoms with Crippen LogP contribution in [0.25, 0.3) is 0 Å². The fourth-order valence-electron chi connectivity index (χ4n) is 1.48. The molecule has 1 aromatic carbocycles. The summed E-state index contributed by atoms with van der Waals surface area (Å²) in [6.45, 7) is 2.17. The van der Waals surface area contributed by atoms with E-state index in [-0.39, 0.29) is 0 Å². The fraction of sp³-hybridized carbons (Fsp3) is 0.154. The Morgan fingerprint density at radius 1 is 1.12 bits per heavy atom. The van der Waals surface area contributed by atoms with Crippen LogP contribution in [0, 0.1) is 0 Å². The molecule has 0 bridgehead atoms. The molecule has 0 radical (unpaired) electrons. The van der Waals surface area contributed by atoms with Crippen molar-refractivity contribution in [2.24, 2.45) is 0 Å². The van der Waals surface area contributed by atoms with Gasteiger partial charge in [-0.15, -0.1) is 11.8 Å².